The van der Waals surface area contributed by atoms with E-state index in [1.807, 2.05) is 12.1 Å². The second-order valence-corrected chi connectivity index (χ2v) is 4.08. The number of benzene rings is 1. The van der Waals surface area contributed by atoms with Gasteiger partial charge >= 0.3 is 5.97 Å². The number of amides is 1. The number of fused-ring (bicyclic) bond motifs is 1. The molecule has 1 aliphatic heterocycles. The lowest BCUT2D eigenvalue weighted by Gasteiger charge is -2.18. The van der Waals surface area contributed by atoms with Crippen LogP contribution in [0, 0.1) is 0 Å². The molecule has 1 amide bonds. The minimum absolute atomic E-state index is 0.274. The zero-order valence-corrected chi connectivity index (χ0v) is 10.2. The smallest absolute Gasteiger partial charge is 0.315 e. The molecule has 96 valence electrons. The normalized spacial score (nSPS) is 13.2. The molecule has 1 aliphatic rings. The number of hydrogen-bond acceptors (Lipinski definition) is 4. The summed E-state index contributed by atoms with van der Waals surface area (Å²) in [5, 5.41) is 2.66. The van der Waals surface area contributed by atoms with E-state index in [-0.39, 0.29) is 12.3 Å². The molecule has 1 heterocycles. The molecule has 0 saturated heterocycles. The average Bonchev–Trinajstić information content (AvgIpc) is 2.38. The van der Waals surface area contributed by atoms with Crippen LogP contribution in [0.4, 0.5) is 5.69 Å². The molecule has 0 spiro atoms. The van der Waals surface area contributed by atoms with Gasteiger partial charge in [-0.05, 0) is 36.6 Å². The van der Waals surface area contributed by atoms with Gasteiger partial charge in [-0.15, -0.1) is 0 Å². The molecule has 0 atom stereocenters. The molecule has 1 N–H and O–H groups in total. The van der Waals surface area contributed by atoms with Crippen molar-refractivity contribution in [2.24, 2.45) is 0 Å². The highest BCUT2D eigenvalue weighted by Crippen LogP contribution is 2.27. The molecule has 0 radical (unpaired) electrons. The van der Waals surface area contributed by atoms with E-state index in [1.54, 1.807) is 6.07 Å². The molecule has 1 aromatic rings. The van der Waals surface area contributed by atoms with Gasteiger partial charge in [0.15, 0.2) is 0 Å². The fourth-order valence-corrected chi connectivity index (χ4v) is 1.85. The van der Waals surface area contributed by atoms with Crippen molar-refractivity contribution in [3.8, 4) is 5.75 Å². The largest absolute Gasteiger partial charge is 0.493 e. The molecule has 1 aromatic carbocycles. The number of aryl methyl sites for hydroxylation is 1. The first-order valence-corrected chi connectivity index (χ1v) is 5.81. The first-order valence-electron chi connectivity index (χ1n) is 5.81. The predicted octanol–water partition coefficient (Wildman–Crippen LogP) is 1.51. The van der Waals surface area contributed by atoms with Crippen molar-refractivity contribution in [1.29, 1.82) is 0 Å². The Kier molecular flexibility index (Phi) is 3.82. The summed E-state index contributed by atoms with van der Waals surface area (Å²) < 4.78 is 9.91. The van der Waals surface area contributed by atoms with Gasteiger partial charge in [0, 0.05) is 5.69 Å². The second-order valence-electron chi connectivity index (χ2n) is 4.08. The maximum Gasteiger partial charge on any atom is 0.315 e. The summed E-state index contributed by atoms with van der Waals surface area (Å²) in [7, 11) is 1.26. The zero-order chi connectivity index (χ0) is 13.0. The Bertz CT molecular complexity index is 470. The van der Waals surface area contributed by atoms with E-state index < -0.39 is 5.97 Å². The van der Waals surface area contributed by atoms with E-state index in [1.165, 1.54) is 7.11 Å². The first kappa shape index (κ1) is 12.4. The van der Waals surface area contributed by atoms with E-state index in [4.69, 9.17) is 4.74 Å². The van der Waals surface area contributed by atoms with Gasteiger partial charge in [-0.25, -0.2) is 0 Å². The van der Waals surface area contributed by atoms with Crippen molar-refractivity contribution in [3.05, 3.63) is 23.8 Å². The SMILES string of the molecule is COC(=O)CC(=O)Nc1ccc2c(c1)CCCO2. The van der Waals surface area contributed by atoms with Crippen molar-refractivity contribution in [2.45, 2.75) is 19.3 Å². The van der Waals surface area contributed by atoms with E-state index in [2.05, 4.69) is 10.1 Å². The maximum absolute atomic E-state index is 11.5. The summed E-state index contributed by atoms with van der Waals surface area (Å²) in [4.78, 5) is 22.4. The Morgan fingerprint density at radius 1 is 1.44 bits per heavy atom. The summed E-state index contributed by atoms with van der Waals surface area (Å²) in [6.07, 6.45) is 1.65. The summed E-state index contributed by atoms with van der Waals surface area (Å²) in [6.45, 7) is 0.737. The van der Waals surface area contributed by atoms with Crippen LogP contribution in [0.2, 0.25) is 0 Å². The Morgan fingerprint density at radius 3 is 3.06 bits per heavy atom. The lowest BCUT2D eigenvalue weighted by molar-refractivity contribution is -0.142. The van der Waals surface area contributed by atoms with E-state index >= 15 is 0 Å². The number of methoxy groups -OCH3 is 1. The van der Waals surface area contributed by atoms with Crippen molar-refractivity contribution in [3.63, 3.8) is 0 Å². The van der Waals surface area contributed by atoms with Crippen LogP contribution < -0.4 is 10.1 Å². The lowest BCUT2D eigenvalue weighted by atomic mass is 10.1. The van der Waals surface area contributed by atoms with Gasteiger partial charge in [-0.2, -0.15) is 0 Å². The number of carbonyl (C=O) groups is 2. The number of ether oxygens (including phenoxy) is 2. The van der Waals surface area contributed by atoms with Crippen LogP contribution in [-0.2, 0) is 20.7 Å². The third kappa shape index (κ3) is 3.00. The van der Waals surface area contributed by atoms with Crippen LogP contribution >= 0.6 is 0 Å². The van der Waals surface area contributed by atoms with Crippen LogP contribution in [0.25, 0.3) is 0 Å². The fraction of sp³-hybridized carbons (Fsp3) is 0.385. The Morgan fingerprint density at radius 2 is 2.28 bits per heavy atom. The monoisotopic (exact) mass is 249 g/mol. The molecule has 0 aliphatic carbocycles. The third-order valence-electron chi connectivity index (χ3n) is 2.72. The molecule has 0 fully saturated rings. The summed E-state index contributed by atoms with van der Waals surface area (Å²) in [5.74, 6) is -0.0560. The number of anilines is 1. The molecule has 5 nitrogen and oxygen atoms in total. The molecular weight excluding hydrogens is 234 g/mol. The van der Waals surface area contributed by atoms with Gasteiger partial charge in [0.1, 0.15) is 12.2 Å². The highest BCUT2D eigenvalue weighted by molar-refractivity contribution is 6.01. The molecular formula is C13H15NO4. The number of rotatable bonds is 3. The Balaban J connectivity index is 2.01. The minimum Gasteiger partial charge on any atom is -0.493 e. The molecule has 0 aromatic heterocycles. The van der Waals surface area contributed by atoms with Crippen molar-refractivity contribution in [2.75, 3.05) is 19.0 Å². The van der Waals surface area contributed by atoms with Crippen LogP contribution in [0.3, 0.4) is 0 Å². The highest BCUT2D eigenvalue weighted by Gasteiger charge is 2.13. The fourth-order valence-electron chi connectivity index (χ4n) is 1.85. The molecule has 0 bridgehead atoms. The van der Waals surface area contributed by atoms with Crippen molar-refractivity contribution < 1.29 is 19.1 Å². The number of esters is 1. The average molecular weight is 249 g/mol. The summed E-state index contributed by atoms with van der Waals surface area (Å²) in [5.41, 5.74) is 1.75. The van der Waals surface area contributed by atoms with Crippen LogP contribution in [0.15, 0.2) is 18.2 Å². The third-order valence-corrected chi connectivity index (χ3v) is 2.72. The van der Waals surface area contributed by atoms with Crippen LogP contribution in [0.1, 0.15) is 18.4 Å². The molecule has 2 rings (SSSR count). The molecule has 0 unspecified atom stereocenters. The van der Waals surface area contributed by atoms with Gasteiger partial charge < -0.3 is 14.8 Å². The van der Waals surface area contributed by atoms with E-state index in [0.29, 0.717) is 5.69 Å². The minimum atomic E-state index is -0.547. The van der Waals surface area contributed by atoms with Gasteiger partial charge in [0.05, 0.1) is 13.7 Å². The highest BCUT2D eigenvalue weighted by atomic mass is 16.5. The maximum atomic E-state index is 11.5. The van der Waals surface area contributed by atoms with E-state index in [0.717, 1.165) is 30.8 Å². The standard InChI is InChI=1S/C13H15NO4/c1-17-13(16)8-12(15)14-10-4-5-11-9(7-10)3-2-6-18-11/h4-5,7H,2-3,6,8H2,1H3,(H,14,15). The van der Waals surface area contributed by atoms with Crippen molar-refractivity contribution >= 4 is 17.6 Å². The molecule has 0 saturated carbocycles. The molecule has 5 heteroatoms. The van der Waals surface area contributed by atoms with Gasteiger partial charge in [0.25, 0.3) is 0 Å². The van der Waals surface area contributed by atoms with Gasteiger partial charge in [-0.3, -0.25) is 9.59 Å². The van der Waals surface area contributed by atoms with Gasteiger partial charge in [0.2, 0.25) is 5.91 Å². The molecule has 18 heavy (non-hydrogen) atoms. The Labute approximate surface area is 105 Å². The van der Waals surface area contributed by atoms with Gasteiger partial charge in [-0.1, -0.05) is 0 Å². The lowest BCUT2D eigenvalue weighted by Crippen LogP contribution is -2.17. The quantitative estimate of drug-likeness (QED) is 0.651. The Hall–Kier alpha value is -2.04. The van der Waals surface area contributed by atoms with Crippen molar-refractivity contribution in [1.82, 2.24) is 0 Å². The predicted molar refractivity (Wildman–Crippen MR) is 65.5 cm³/mol. The second kappa shape index (κ2) is 5.53. The topological polar surface area (TPSA) is 64.6 Å². The number of carbonyl (C=O) groups excluding carboxylic acids is 2. The van der Waals surface area contributed by atoms with E-state index in [9.17, 15) is 9.59 Å². The summed E-state index contributed by atoms with van der Waals surface area (Å²) in [6, 6.07) is 5.48. The number of nitrogens with one attached hydrogen (secondary N) is 1. The number of hydrogen-bond donors (Lipinski definition) is 1. The first-order chi connectivity index (χ1) is 8.69. The van der Waals surface area contributed by atoms with Crippen LogP contribution in [0.5, 0.6) is 5.75 Å². The zero-order valence-electron chi connectivity index (χ0n) is 10.2. The van der Waals surface area contributed by atoms with Crippen LogP contribution in [-0.4, -0.2) is 25.6 Å². The summed E-state index contributed by atoms with van der Waals surface area (Å²) >= 11 is 0.